The van der Waals surface area contributed by atoms with Crippen molar-refractivity contribution in [1.82, 2.24) is 15.0 Å². The van der Waals surface area contributed by atoms with Crippen LogP contribution in [0, 0.1) is 23.2 Å². The fourth-order valence-corrected chi connectivity index (χ4v) is 5.33. The summed E-state index contributed by atoms with van der Waals surface area (Å²) in [5.74, 6) is 2.75. The first-order valence-corrected chi connectivity index (χ1v) is 7.63. The van der Waals surface area contributed by atoms with Crippen molar-refractivity contribution in [2.75, 3.05) is 0 Å². The van der Waals surface area contributed by atoms with Crippen molar-refractivity contribution in [1.29, 1.82) is 0 Å². The van der Waals surface area contributed by atoms with Crippen LogP contribution in [-0.4, -0.2) is 20.8 Å². The summed E-state index contributed by atoms with van der Waals surface area (Å²) < 4.78 is 1.76. The lowest BCUT2D eigenvalue weighted by atomic mass is 9.48. The predicted octanol–water partition coefficient (Wildman–Crippen LogP) is 2.70. The largest absolute Gasteiger partial charge is 0.292 e. The first kappa shape index (κ1) is 11.6. The molecule has 4 heteroatoms. The summed E-state index contributed by atoms with van der Waals surface area (Å²) in [6.07, 6.45) is 9.14. The fraction of sp³-hybridized carbons (Fsp3) is 0.800. The molecule has 0 spiro atoms. The van der Waals surface area contributed by atoms with Crippen molar-refractivity contribution in [3.63, 3.8) is 0 Å². The Balaban J connectivity index is 1.70. The van der Waals surface area contributed by atoms with Crippen molar-refractivity contribution < 1.29 is 4.79 Å². The van der Waals surface area contributed by atoms with Gasteiger partial charge in [-0.15, -0.1) is 5.10 Å². The number of rotatable bonds is 3. The average molecular weight is 259 g/mol. The van der Waals surface area contributed by atoms with Crippen LogP contribution in [0.2, 0.25) is 0 Å². The van der Waals surface area contributed by atoms with Crippen LogP contribution in [0.3, 0.4) is 0 Å². The number of carbonyl (C=O) groups is 1. The lowest BCUT2D eigenvalue weighted by molar-refractivity contribution is -0.0358. The Bertz CT molecular complexity index is 484. The van der Waals surface area contributed by atoms with Crippen LogP contribution in [0.25, 0.3) is 0 Å². The minimum atomic E-state index is -0.0661. The van der Waals surface area contributed by atoms with Gasteiger partial charge in [-0.3, -0.25) is 4.79 Å². The second kappa shape index (κ2) is 3.90. The lowest BCUT2D eigenvalue weighted by Crippen LogP contribution is -2.50. The van der Waals surface area contributed by atoms with Crippen molar-refractivity contribution >= 4 is 5.78 Å². The maximum Gasteiger partial charge on any atom is 0.188 e. The normalized spacial score (nSPS) is 39.7. The smallest absolute Gasteiger partial charge is 0.188 e. The maximum absolute atomic E-state index is 13.0. The topological polar surface area (TPSA) is 47.8 Å². The van der Waals surface area contributed by atoms with Gasteiger partial charge in [0.2, 0.25) is 0 Å². The van der Waals surface area contributed by atoms with Crippen LogP contribution in [0.5, 0.6) is 0 Å². The molecule has 1 aromatic heterocycles. The molecule has 1 aromatic rings. The Hall–Kier alpha value is -1.19. The molecule has 0 radical (unpaired) electrons. The third kappa shape index (κ3) is 1.61. The van der Waals surface area contributed by atoms with Crippen LogP contribution in [0.4, 0.5) is 0 Å². The molecular formula is C15H21N3O. The van der Waals surface area contributed by atoms with E-state index in [1.807, 2.05) is 6.92 Å². The first-order valence-electron chi connectivity index (χ1n) is 7.63. The van der Waals surface area contributed by atoms with E-state index in [9.17, 15) is 4.79 Å². The zero-order valence-electron chi connectivity index (χ0n) is 11.5. The lowest BCUT2D eigenvalue weighted by Gasteiger charge is -2.55. The van der Waals surface area contributed by atoms with Gasteiger partial charge in [0.1, 0.15) is 5.69 Å². The third-order valence-electron chi connectivity index (χ3n) is 5.67. The highest BCUT2D eigenvalue weighted by Crippen LogP contribution is 2.60. The Morgan fingerprint density at radius 2 is 1.84 bits per heavy atom. The maximum atomic E-state index is 13.0. The van der Waals surface area contributed by atoms with Crippen molar-refractivity contribution in [2.24, 2.45) is 23.2 Å². The van der Waals surface area contributed by atoms with E-state index >= 15 is 0 Å². The summed E-state index contributed by atoms with van der Waals surface area (Å²) in [5, 5.41) is 7.96. The van der Waals surface area contributed by atoms with E-state index < -0.39 is 0 Å². The van der Waals surface area contributed by atoms with Crippen LogP contribution in [0.15, 0.2) is 6.20 Å². The predicted molar refractivity (Wildman–Crippen MR) is 70.6 cm³/mol. The van der Waals surface area contributed by atoms with Gasteiger partial charge in [-0.05, 0) is 63.2 Å². The van der Waals surface area contributed by atoms with Gasteiger partial charge in [0.05, 0.1) is 6.20 Å². The third-order valence-corrected chi connectivity index (χ3v) is 5.67. The molecule has 1 heterocycles. The second-order valence-corrected chi connectivity index (χ2v) is 6.96. The highest BCUT2D eigenvalue weighted by molar-refractivity contribution is 5.99. The Kier molecular flexibility index (Phi) is 2.39. The number of carbonyl (C=O) groups excluding carboxylic acids is 1. The number of ketones is 1. The van der Waals surface area contributed by atoms with E-state index in [-0.39, 0.29) is 5.41 Å². The van der Waals surface area contributed by atoms with E-state index in [0.717, 1.165) is 49.3 Å². The molecule has 4 aliphatic carbocycles. The number of aryl methyl sites for hydroxylation is 1. The summed E-state index contributed by atoms with van der Waals surface area (Å²) >= 11 is 0. The first-order chi connectivity index (χ1) is 9.20. The molecule has 0 aliphatic heterocycles. The molecule has 0 N–H and O–H groups in total. The van der Waals surface area contributed by atoms with Gasteiger partial charge >= 0.3 is 0 Å². The van der Waals surface area contributed by atoms with Crippen molar-refractivity contribution in [2.45, 2.75) is 52.0 Å². The van der Waals surface area contributed by atoms with Gasteiger partial charge in [-0.25, -0.2) is 4.68 Å². The molecule has 4 aliphatic rings. The van der Waals surface area contributed by atoms with Gasteiger partial charge in [0.15, 0.2) is 5.78 Å². The number of nitrogens with zero attached hydrogens (tertiary/aromatic N) is 3. The number of hydrogen-bond donors (Lipinski definition) is 0. The van der Waals surface area contributed by atoms with Gasteiger partial charge in [-0.1, -0.05) is 5.21 Å². The number of Topliss-reactive ketones (excluding diaryl/α,β-unsaturated/α-hetero) is 1. The molecule has 5 rings (SSSR count). The molecule has 19 heavy (non-hydrogen) atoms. The van der Waals surface area contributed by atoms with Crippen molar-refractivity contribution in [3.05, 3.63) is 11.9 Å². The van der Waals surface area contributed by atoms with E-state index in [4.69, 9.17) is 0 Å². The molecule has 0 saturated heterocycles. The Labute approximate surface area is 113 Å². The fourth-order valence-electron chi connectivity index (χ4n) is 5.33. The molecule has 0 aromatic carbocycles. The van der Waals surface area contributed by atoms with E-state index in [2.05, 4.69) is 10.3 Å². The molecule has 0 unspecified atom stereocenters. The van der Waals surface area contributed by atoms with Gasteiger partial charge < -0.3 is 0 Å². The van der Waals surface area contributed by atoms with Gasteiger partial charge in [0.25, 0.3) is 0 Å². The quantitative estimate of drug-likeness (QED) is 0.784. The standard InChI is InChI=1S/C15H21N3O/c1-2-18-13(9-16-17-18)14(19)15-6-10-3-11(7-15)5-12(4-10)8-15/h9-12H,2-8H2,1H3. The average Bonchev–Trinajstić information content (AvgIpc) is 2.84. The van der Waals surface area contributed by atoms with Crippen LogP contribution in [0.1, 0.15) is 55.9 Å². The van der Waals surface area contributed by atoms with Gasteiger partial charge in [-0.2, -0.15) is 0 Å². The molecule has 0 atom stereocenters. The van der Waals surface area contributed by atoms with Crippen molar-refractivity contribution in [3.8, 4) is 0 Å². The summed E-state index contributed by atoms with van der Waals surface area (Å²) in [6, 6.07) is 0. The molecule has 4 saturated carbocycles. The van der Waals surface area contributed by atoms with E-state index in [0.29, 0.717) is 5.78 Å². The summed E-state index contributed by atoms with van der Waals surface area (Å²) in [5.41, 5.74) is 0.674. The van der Waals surface area contributed by atoms with Crippen LogP contribution < -0.4 is 0 Å². The Morgan fingerprint density at radius 1 is 1.26 bits per heavy atom. The number of hydrogen-bond acceptors (Lipinski definition) is 3. The zero-order chi connectivity index (χ0) is 13.0. The molecule has 0 amide bonds. The van der Waals surface area contributed by atoms with E-state index in [1.165, 1.54) is 19.3 Å². The zero-order valence-corrected chi connectivity index (χ0v) is 11.5. The molecule has 4 nitrogen and oxygen atoms in total. The highest BCUT2D eigenvalue weighted by atomic mass is 16.1. The SMILES string of the molecule is CCn1nncc1C(=O)C12CC3CC(CC(C3)C1)C2. The highest BCUT2D eigenvalue weighted by Gasteiger charge is 2.55. The number of aromatic nitrogens is 3. The monoisotopic (exact) mass is 259 g/mol. The van der Waals surface area contributed by atoms with Gasteiger partial charge in [0, 0.05) is 12.0 Å². The Morgan fingerprint density at radius 3 is 2.37 bits per heavy atom. The molecule has 102 valence electrons. The summed E-state index contributed by atoms with van der Waals surface area (Å²) in [4.78, 5) is 13.0. The van der Waals surface area contributed by atoms with Crippen LogP contribution in [-0.2, 0) is 6.54 Å². The molecule has 4 bridgehead atoms. The molecule has 4 fully saturated rings. The summed E-state index contributed by atoms with van der Waals surface area (Å²) in [6.45, 7) is 2.75. The summed E-state index contributed by atoms with van der Waals surface area (Å²) in [7, 11) is 0. The minimum absolute atomic E-state index is 0.0661. The second-order valence-electron chi connectivity index (χ2n) is 6.96. The van der Waals surface area contributed by atoms with E-state index in [1.54, 1.807) is 10.9 Å². The van der Waals surface area contributed by atoms with Crippen LogP contribution >= 0.6 is 0 Å². The minimum Gasteiger partial charge on any atom is -0.292 e. The molecular weight excluding hydrogens is 238 g/mol.